The maximum atomic E-state index is 7.27. The molecular weight excluding hydrogens is 927 g/mol. The lowest BCUT2D eigenvalue weighted by molar-refractivity contribution is 0.462. The second-order valence-electron chi connectivity index (χ2n) is 20.1. The van der Waals surface area contributed by atoms with E-state index in [1.54, 1.807) is 0 Å². The normalized spacial score (nSPS) is 14.0. The molecule has 10 aromatic rings. The highest BCUT2D eigenvalue weighted by Gasteiger charge is 2.48. The van der Waals surface area contributed by atoms with Crippen LogP contribution in [0.3, 0.4) is 0 Å². The van der Waals surface area contributed by atoms with Gasteiger partial charge in [-0.25, -0.2) is 0 Å². The number of hydrogen-bond donors (Lipinski definition) is 0. The number of rotatable bonds is 6. The highest BCUT2D eigenvalue weighted by molar-refractivity contribution is 7.03. The van der Waals surface area contributed by atoms with Crippen LogP contribution < -0.4 is 92.3 Å². The number of nitrogens with zero attached hydrogens (tertiary/aromatic N) is 3. The summed E-state index contributed by atoms with van der Waals surface area (Å²) in [6.45, 7) is -0.454. The molecule has 0 radical (unpaired) electrons. The molecule has 0 saturated heterocycles. The van der Waals surface area contributed by atoms with Crippen molar-refractivity contribution in [3.63, 3.8) is 0 Å². The van der Waals surface area contributed by atoms with Crippen molar-refractivity contribution in [3.8, 4) is 69.0 Å². The number of fused-ring (bicyclic) bond motifs is 12. The second kappa shape index (κ2) is 15.8. The summed E-state index contributed by atoms with van der Waals surface area (Å²) in [5.74, 6) is 9.15. The van der Waals surface area contributed by atoms with Gasteiger partial charge in [0.2, 0.25) is 0 Å². The first-order chi connectivity index (χ1) is 36.9. The molecule has 75 heavy (non-hydrogen) atoms. The summed E-state index contributed by atoms with van der Waals surface area (Å²) in [6.07, 6.45) is 0. The fourth-order valence-electron chi connectivity index (χ4n) is 12.7. The monoisotopic (exact) mass is 969 g/mol. The predicted molar refractivity (Wildman–Crippen MR) is 303 cm³/mol. The van der Waals surface area contributed by atoms with Crippen molar-refractivity contribution < 1.29 is 28.4 Å². The average Bonchev–Trinajstić information content (AvgIpc) is 3.44. The van der Waals surface area contributed by atoms with Crippen molar-refractivity contribution >= 4 is 103 Å². The molecule has 12 heteroatoms. The zero-order valence-electron chi connectivity index (χ0n) is 41.1. The highest BCUT2D eigenvalue weighted by atomic mass is 16.5. The van der Waals surface area contributed by atoms with E-state index in [0.717, 1.165) is 119 Å². The Labute approximate surface area is 434 Å². The van der Waals surface area contributed by atoms with Crippen LogP contribution in [0.1, 0.15) is 0 Å². The third kappa shape index (κ3) is 6.29. The molecule has 354 valence electrons. The van der Waals surface area contributed by atoms with E-state index in [9.17, 15) is 0 Å². The van der Waals surface area contributed by atoms with E-state index >= 15 is 0 Å². The zero-order valence-corrected chi connectivity index (χ0v) is 41.1. The van der Waals surface area contributed by atoms with Crippen LogP contribution in [0.2, 0.25) is 0 Å². The molecule has 0 bridgehead atoms. The third-order valence-electron chi connectivity index (χ3n) is 16.0. The molecule has 10 aromatic carbocycles. The van der Waals surface area contributed by atoms with Gasteiger partial charge in [0, 0.05) is 97.7 Å². The summed E-state index contributed by atoms with van der Waals surface area (Å²) < 4.78 is 40.6. The maximum Gasteiger partial charge on any atom is 0.256 e. The van der Waals surface area contributed by atoms with E-state index in [-0.39, 0.29) is 20.1 Å². The minimum absolute atomic E-state index is 0.115. The van der Waals surface area contributed by atoms with Crippen molar-refractivity contribution in [3.05, 3.63) is 200 Å². The van der Waals surface area contributed by atoms with Gasteiger partial charge in [0.15, 0.2) is 0 Å². The Morgan fingerprint density at radius 1 is 0.267 bits per heavy atom. The number of benzene rings is 10. The largest absolute Gasteiger partial charge is 0.458 e. The molecule has 6 aliphatic heterocycles. The number of hydrogen-bond acceptors (Lipinski definition) is 9. The lowest BCUT2D eigenvalue weighted by Gasteiger charge is -2.43. The van der Waals surface area contributed by atoms with Crippen molar-refractivity contribution in [1.82, 2.24) is 0 Å². The molecule has 0 amide bonds. The Bertz CT molecular complexity index is 4070. The van der Waals surface area contributed by atoms with E-state index in [0.29, 0.717) is 17.2 Å². The standard InChI is InChI=1S/C63H42B3N3O6/c1-67-49-35-50-46(33-45(49)64-43-23-13-15-25-55(43)73-58-30-40(27-52(67)61(58)64)70-37-17-7-4-8-18-37)66-48-34-47-51(36-57(48)75-60-32-42(29-54(63(60)66)68(50)2)72-39-21-11-6-12-22-39)69(3)53-28-41(71-38-19-9-5-10-20-38)31-59-62(53)65(47)44-24-14-16-26-56(44)74-59/h4-36H,1-3H3. The van der Waals surface area contributed by atoms with Crippen molar-refractivity contribution in [2.45, 2.75) is 0 Å². The summed E-state index contributed by atoms with van der Waals surface area (Å²) in [5, 5.41) is 0. The summed E-state index contributed by atoms with van der Waals surface area (Å²) in [4.78, 5) is 6.89. The molecule has 0 aliphatic carbocycles. The topological polar surface area (TPSA) is 65.1 Å². The minimum atomic E-state index is -0.211. The SMILES string of the molecule is CN1c2cc3c(cc2B2c4ccccc4Oc4cc(Oc5ccccc5)cc1c42)B1c2cc4c(cc2N(C)c2cc(Oc5ccccc5)cc(c21)O3)N(C)c1cc(Oc2ccccc2)cc2c1B4c1ccccc1O2. The predicted octanol–water partition coefficient (Wildman–Crippen LogP) is 9.17. The first-order valence-corrected chi connectivity index (χ1v) is 25.4. The zero-order chi connectivity index (χ0) is 49.6. The van der Waals surface area contributed by atoms with E-state index in [1.165, 1.54) is 16.4 Å². The van der Waals surface area contributed by atoms with Crippen LogP contribution in [0.5, 0.6) is 69.0 Å². The van der Waals surface area contributed by atoms with Gasteiger partial charge in [-0.05, 0) is 104 Å². The summed E-state index contributed by atoms with van der Waals surface area (Å²) >= 11 is 0. The molecule has 0 N–H and O–H groups in total. The quantitative estimate of drug-likeness (QED) is 0.152. The smallest absolute Gasteiger partial charge is 0.256 e. The van der Waals surface area contributed by atoms with Gasteiger partial charge in [0.05, 0.1) is 0 Å². The van der Waals surface area contributed by atoms with Crippen molar-refractivity contribution in [2.24, 2.45) is 0 Å². The van der Waals surface area contributed by atoms with Crippen LogP contribution in [0, 0.1) is 0 Å². The maximum absolute atomic E-state index is 7.27. The van der Waals surface area contributed by atoms with Gasteiger partial charge in [0.1, 0.15) is 69.0 Å². The number of ether oxygens (including phenoxy) is 6. The Hall–Kier alpha value is -9.41. The lowest BCUT2D eigenvalue weighted by Crippen LogP contribution is -2.65. The number of para-hydroxylation sites is 5. The van der Waals surface area contributed by atoms with Crippen LogP contribution in [0.4, 0.5) is 34.1 Å². The summed E-state index contributed by atoms with van der Waals surface area (Å²) in [5.41, 5.74) is 16.5. The van der Waals surface area contributed by atoms with Crippen LogP contribution in [-0.4, -0.2) is 41.3 Å². The molecule has 0 atom stereocenters. The molecule has 0 saturated carbocycles. The van der Waals surface area contributed by atoms with Crippen LogP contribution in [-0.2, 0) is 0 Å². The first kappa shape index (κ1) is 42.1. The first-order valence-electron chi connectivity index (χ1n) is 25.4. The van der Waals surface area contributed by atoms with Crippen molar-refractivity contribution in [2.75, 3.05) is 35.8 Å². The molecule has 0 aromatic heterocycles. The molecular formula is C63H42B3N3O6. The van der Waals surface area contributed by atoms with Crippen LogP contribution in [0.15, 0.2) is 200 Å². The Morgan fingerprint density at radius 2 is 0.600 bits per heavy atom. The minimum Gasteiger partial charge on any atom is -0.458 e. The molecule has 6 aliphatic rings. The van der Waals surface area contributed by atoms with Gasteiger partial charge in [-0.15, -0.1) is 0 Å². The lowest BCUT2D eigenvalue weighted by atomic mass is 9.29. The summed E-state index contributed by atoms with van der Waals surface area (Å²) in [6, 6.07) is 68.8. The summed E-state index contributed by atoms with van der Waals surface area (Å²) in [7, 11) is 6.46. The Morgan fingerprint density at radius 3 is 1.01 bits per heavy atom. The fraction of sp³-hybridized carbons (Fsp3) is 0.0476. The van der Waals surface area contributed by atoms with E-state index in [1.807, 2.05) is 115 Å². The van der Waals surface area contributed by atoms with Crippen molar-refractivity contribution in [1.29, 1.82) is 0 Å². The van der Waals surface area contributed by atoms with Gasteiger partial charge in [-0.1, -0.05) is 103 Å². The molecule has 9 nitrogen and oxygen atoms in total. The van der Waals surface area contributed by atoms with Gasteiger partial charge >= 0.3 is 0 Å². The Kier molecular flexibility index (Phi) is 8.88. The van der Waals surface area contributed by atoms with E-state index < -0.39 is 0 Å². The van der Waals surface area contributed by atoms with Crippen LogP contribution >= 0.6 is 0 Å². The molecule has 6 heterocycles. The molecule has 16 rings (SSSR count). The average molecular weight is 969 g/mol. The molecule has 0 spiro atoms. The van der Waals surface area contributed by atoms with E-state index in [2.05, 4.69) is 121 Å². The van der Waals surface area contributed by atoms with Gasteiger partial charge in [0.25, 0.3) is 20.1 Å². The number of anilines is 6. The van der Waals surface area contributed by atoms with Gasteiger partial charge in [-0.2, -0.15) is 0 Å². The van der Waals surface area contributed by atoms with Gasteiger partial charge < -0.3 is 43.1 Å². The highest BCUT2D eigenvalue weighted by Crippen LogP contribution is 2.46. The third-order valence-corrected chi connectivity index (χ3v) is 16.0. The molecule has 0 unspecified atom stereocenters. The molecule has 0 fully saturated rings. The van der Waals surface area contributed by atoms with Gasteiger partial charge in [-0.3, -0.25) is 0 Å². The fourth-order valence-corrected chi connectivity index (χ4v) is 12.7. The van der Waals surface area contributed by atoms with Crippen LogP contribution in [0.25, 0.3) is 0 Å². The Balaban J connectivity index is 0.907. The second-order valence-corrected chi connectivity index (χ2v) is 20.1. The van der Waals surface area contributed by atoms with E-state index in [4.69, 9.17) is 28.4 Å².